The Bertz CT molecular complexity index is 887. The minimum absolute atomic E-state index is 0.127. The van der Waals surface area contributed by atoms with Gasteiger partial charge in [-0.25, -0.2) is 9.18 Å². The largest absolute Gasteiger partial charge is 0.441 e. The second kappa shape index (κ2) is 7.87. The molecule has 140 valence electrons. The third-order valence-electron chi connectivity index (χ3n) is 3.91. The molecule has 0 radical (unpaired) electrons. The van der Waals surface area contributed by atoms with Crippen LogP contribution in [-0.2, 0) is 4.74 Å². The SMILES string of the molecule is CN/N=N\C(=N)c1ccc(-c2ccc(N3C[C@H](CO)OC3=O)cc2F)cn1. The number of halogens is 1. The van der Waals surface area contributed by atoms with Gasteiger partial charge in [0.25, 0.3) is 0 Å². The molecule has 10 heteroatoms. The molecule has 0 bridgehead atoms. The number of nitrogens with one attached hydrogen (secondary N) is 2. The lowest BCUT2D eigenvalue weighted by Gasteiger charge is -2.14. The number of ether oxygens (including phenoxy) is 1. The van der Waals surface area contributed by atoms with E-state index in [1.807, 2.05) is 0 Å². The molecular formula is C17H17FN6O3. The summed E-state index contributed by atoms with van der Waals surface area (Å²) in [4.78, 5) is 17.2. The molecule has 27 heavy (non-hydrogen) atoms. The summed E-state index contributed by atoms with van der Waals surface area (Å²) < 4.78 is 19.5. The smallest absolute Gasteiger partial charge is 0.414 e. The minimum atomic E-state index is -0.624. The molecule has 0 aliphatic carbocycles. The third-order valence-corrected chi connectivity index (χ3v) is 3.91. The number of hydrogen-bond donors (Lipinski definition) is 3. The van der Waals surface area contributed by atoms with Crippen LogP contribution >= 0.6 is 0 Å². The van der Waals surface area contributed by atoms with Gasteiger partial charge >= 0.3 is 6.09 Å². The molecule has 3 N–H and O–H groups in total. The summed E-state index contributed by atoms with van der Waals surface area (Å²) in [5, 5.41) is 23.9. The summed E-state index contributed by atoms with van der Waals surface area (Å²) in [5.41, 5.74) is 3.89. The number of pyridine rings is 1. The molecule has 1 aliphatic rings. The Morgan fingerprint density at radius 3 is 2.89 bits per heavy atom. The fraction of sp³-hybridized carbons (Fsp3) is 0.235. The van der Waals surface area contributed by atoms with Gasteiger partial charge in [-0.15, -0.1) is 5.11 Å². The standard InChI is InChI=1S/C17H17FN6O3/c1-20-23-22-16(19)15-5-2-10(7-21-15)13-4-3-11(6-14(13)18)24-8-12(9-25)27-17(24)26/h2-7,12,25H,8-9H2,1H3,(H2,19,20,22)/t12-/m1/s1. The predicted molar refractivity (Wildman–Crippen MR) is 95.1 cm³/mol. The fourth-order valence-corrected chi connectivity index (χ4v) is 2.58. The summed E-state index contributed by atoms with van der Waals surface area (Å²) in [5.74, 6) is -0.662. The van der Waals surface area contributed by atoms with Crippen molar-refractivity contribution in [2.75, 3.05) is 25.1 Å². The third kappa shape index (κ3) is 3.90. The molecule has 0 saturated carbocycles. The van der Waals surface area contributed by atoms with Crippen molar-refractivity contribution in [3.8, 4) is 11.1 Å². The Morgan fingerprint density at radius 1 is 1.48 bits per heavy atom. The summed E-state index contributed by atoms with van der Waals surface area (Å²) in [6.45, 7) is -0.128. The van der Waals surface area contributed by atoms with Gasteiger partial charge in [0.15, 0.2) is 5.84 Å². The molecule has 1 amide bonds. The summed E-state index contributed by atoms with van der Waals surface area (Å²) >= 11 is 0. The monoisotopic (exact) mass is 372 g/mol. The first-order valence-electron chi connectivity index (χ1n) is 8.05. The van der Waals surface area contributed by atoms with Gasteiger partial charge in [-0.3, -0.25) is 20.7 Å². The normalized spacial score (nSPS) is 16.6. The van der Waals surface area contributed by atoms with Gasteiger partial charge in [0.05, 0.1) is 18.8 Å². The van der Waals surface area contributed by atoms with Crippen LogP contribution in [0.1, 0.15) is 5.69 Å². The molecular weight excluding hydrogens is 355 g/mol. The molecule has 1 atom stereocenters. The first-order chi connectivity index (χ1) is 13.0. The molecule has 1 fully saturated rings. The van der Waals surface area contributed by atoms with Gasteiger partial charge in [-0.05, 0) is 24.3 Å². The average molecular weight is 372 g/mol. The highest BCUT2D eigenvalue weighted by molar-refractivity contribution is 5.95. The van der Waals surface area contributed by atoms with Crippen LogP contribution in [-0.4, -0.2) is 48.3 Å². The van der Waals surface area contributed by atoms with E-state index in [1.165, 1.54) is 23.2 Å². The number of carbonyl (C=O) groups is 1. The van der Waals surface area contributed by atoms with Crippen molar-refractivity contribution in [3.05, 3.63) is 48.0 Å². The van der Waals surface area contributed by atoms with E-state index in [1.54, 1.807) is 25.2 Å². The molecule has 1 aromatic carbocycles. The Balaban J connectivity index is 1.81. The quantitative estimate of drug-likeness (QED) is 0.321. The number of aliphatic hydroxyl groups excluding tert-OH is 1. The lowest BCUT2D eigenvalue weighted by Crippen LogP contribution is -2.25. The number of amidine groups is 1. The number of benzene rings is 1. The summed E-state index contributed by atoms with van der Waals surface area (Å²) in [7, 11) is 1.56. The highest BCUT2D eigenvalue weighted by Crippen LogP contribution is 2.28. The fourth-order valence-electron chi connectivity index (χ4n) is 2.58. The van der Waals surface area contributed by atoms with Crippen LogP contribution in [0.4, 0.5) is 14.9 Å². The number of aliphatic hydroxyl groups is 1. The Morgan fingerprint density at radius 2 is 2.30 bits per heavy atom. The molecule has 1 aromatic heterocycles. The molecule has 3 rings (SSSR count). The number of nitrogens with zero attached hydrogens (tertiary/aromatic N) is 4. The van der Waals surface area contributed by atoms with E-state index in [4.69, 9.17) is 15.3 Å². The zero-order valence-electron chi connectivity index (χ0n) is 14.4. The van der Waals surface area contributed by atoms with Crippen molar-refractivity contribution < 1.29 is 19.0 Å². The van der Waals surface area contributed by atoms with E-state index in [0.717, 1.165) is 0 Å². The van der Waals surface area contributed by atoms with Crippen molar-refractivity contribution in [2.45, 2.75) is 6.10 Å². The number of aromatic nitrogens is 1. The van der Waals surface area contributed by atoms with Crippen LogP contribution in [0.3, 0.4) is 0 Å². The van der Waals surface area contributed by atoms with E-state index in [0.29, 0.717) is 22.5 Å². The van der Waals surface area contributed by atoms with Crippen LogP contribution in [0.15, 0.2) is 46.9 Å². The molecule has 0 spiro atoms. The lowest BCUT2D eigenvalue weighted by molar-refractivity contribution is 0.0963. The van der Waals surface area contributed by atoms with Crippen LogP contribution in [0.5, 0.6) is 0 Å². The highest BCUT2D eigenvalue weighted by atomic mass is 19.1. The van der Waals surface area contributed by atoms with Gasteiger partial charge < -0.3 is 9.84 Å². The van der Waals surface area contributed by atoms with Crippen LogP contribution in [0.2, 0.25) is 0 Å². The second-order valence-corrected chi connectivity index (χ2v) is 5.67. The van der Waals surface area contributed by atoms with E-state index >= 15 is 0 Å². The number of carbonyl (C=O) groups excluding carboxylic acids is 1. The average Bonchev–Trinajstić information content (AvgIpc) is 3.07. The van der Waals surface area contributed by atoms with E-state index in [2.05, 4.69) is 20.7 Å². The summed E-state index contributed by atoms with van der Waals surface area (Å²) in [6.07, 6.45) is 0.191. The van der Waals surface area contributed by atoms with Crippen molar-refractivity contribution in [1.29, 1.82) is 5.41 Å². The van der Waals surface area contributed by atoms with Gasteiger partial charge in [0.2, 0.25) is 0 Å². The van der Waals surface area contributed by atoms with Gasteiger partial charge in [0, 0.05) is 24.4 Å². The molecule has 1 saturated heterocycles. The zero-order chi connectivity index (χ0) is 19.4. The number of amides is 1. The zero-order valence-corrected chi connectivity index (χ0v) is 14.4. The number of rotatable bonds is 5. The Kier molecular flexibility index (Phi) is 5.36. The van der Waals surface area contributed by atoms with E-state index < -0.39 is 18.0 Å². The molecule has 2 heterocycles. The first-order valence-corrected chi connectivity index (χ1v) is 8.05. The predicted octanol–water partition coefficient (Wildman–Crippen LogP) is 2.12. The Labute approximate surface area is 154 Å². The van der Waals surface area contributed by atoms with Gasteiger partial charge in [-0.1, -0.05) is 11.3 Å². The lowest BCUT2D eigenvalue weighted by atomic mass is 10.1. The van der Waals surface area contributed by atoms with E-state index in [-0.39, 0.29) is 19.0 Å². The topological polar surface area (TPSA) is 123 Å². The van der Waals surface area contributed by atoms with Gasteiger partial charge in [0.1, 0.15) is 17.6 Å². The maximum Gasteiger partial charge on any atom is 0.414 e. The Hall–Kier alpha value is -3.40. The van der Waals surface area contributed by atoms with Crippen LogP contribution in [0, 0.1) is 11.2 Å². The van der Waals surface area contributed by atoms with Crippen LogP contribution in [0.25, 0.3) is 11.1 Å². The van der Waals surface area contributed by atoms with Crippen molar-refractivity contribution in [1.82, 2.24) is 10.4 Å². The highest BCUT2D eigenvalue weighted by Gasteiger charge is 2.32. The molecule has 0 unspecified atom stereocenters. The summed E-state index contributed by atoms with van der Waals surface area (Å²) in [6, 6.07) is 7.52. The van der Waals surface area contributed by atoms with Gasteiger partial charge in [-0.2, -0.15) is 0 Å². The van der Waals surface area contributed by atoms with Crippen LogP contribution < -0.4 is 10.3 Å². The maximum absolute atomic E-state index is 14.6. The second-order valence-electron chi connectivity index (χ2n) is 5.67. The van der Waals surface area contributed by atoms with Crippen molar-refractivity contribution >= 4 is 17.6 Å². The molecule has 1 aliphatic heterocycles. The van der Waals surface area contributed by atoms with E-state index in [9.17, 15) is 9.18 Å². The molecule has 9 nitrogen and oxygen atoms in total. The number of anilines is 1. The first kappa shape index (κ1) is 18.4. The minimum Gasteiger partial charge on any atom is -0.441 e. The molecule has 2 aromatic rings. The maximum atomic E-state index is 14.6. The number of cyclic esters (lactones) is 1. The van der Waals surface area contributed by atoms with Crippen molar-refractivity contribution in [2.24, 2.45) is 10.3 Å². The van der Waals surface area contributed by atoms with Crippen molar-refractivity contribution in [3.63, 3.8) is 0 Å². The number of hydrogen-bond acceptors (Lipinski definition) is 6.